The Labute approximate surface area is 200 Å². The third-order valence-electron chi connectivity index (χ3n) is 6.00. The van der Waals surface area contributed by atoms with Crippen molar-refractivity contribution >= 4 is 17.2 Å². The van der Waals surface area contributed by atoms with Crippen molar-refractivity contribution in [3.8, 4) is 11.5 Å². The Morgan fingerprint density at radius 1 is 1.03 bits per heavy atom. The van der Waals surface area contributed by atoms with Gasteiger partial charge in [0.25, 0.3) is 5.91 Å². The van der Waals surface area contributed by atoms with Gasteiger partial charge < -0.3 is 14.4 Å². The number of rotatable bonds is 10. The lowest BCUT2D eigenvalue weighted by Gasteiger charge is -2.22. The van der Waals surface area contributed by atoms with Gasteiger partial charge in [-0.05, 0) is 79.7 Å². The van der Waals surface area contributed by atoms with Gasteiger partial charge in [-0.25, -0.2) is 0 Å². The highest BCUT2D eigenvalue weighted by atomic mass is 32.1. The molecule has 2 heterocycles. The van der Waals surface area contributed by atoms with Gasteiger partial charge in [0.2, 0.25) is 0 Å². The predicted octanol–water partition coefficient (Wildman–Crippen LogP) is 5.59. The number of carbonyl (C=O) groups excluding carboxylic acids is 1. The quantitative estimate of drug-likeness (QED) is 0.392. The van der Waals surface area contributed by atoms with Gasteiger partial charge in [0, 0.05) is 30.1 Å². The second kappa shape index (κ2) is 11.3. The topological polar surface area (TPSA) is 42.0 Å². The normalized spacial score (nSPS) is 13.8. The Kier molecular flexibility index (Phi) is 8.02. The van der Waals surface area contributed by atoms with Crippen molar-refractivity contribution in [3.05, 3.63) is 81.5 Å². The first-order valence-corrected chi connectivity index (χ1v) is 12.5. The monoisotopic (exact) mass is 464 g/mol. The van der Waals surface area contributed by atoms with E-state index in [1.807, 2.05) is 59.7 Å². The van der Waals surface area contributed by atoms with Crippen LogP contribution in [0.1, 0.15) is 46.1 Å². The lowest BCUT2D eigenvalue weighted by Crippen LogP contribution is -2.30. The molecular formula is C27H32N2O3S. The number of hydrogen-bond acceptors (Lipinski definition) is 5. The average molecular weight is 465 g/mol. The molecule has 0 atom stereocenters. The van der Waals surface area contributed by atoms with Crippen LogP contribution in [0.4, 0.5) is 0 Å². The Morgan fingerprint density at radius 2 is 1.88 bits per heavy atom. The predicted molar refractivity (Wildman–Crippen MR) is 133 cm³/mol. The molecule has 5 nitrogen and oxygen atoms in total. The summed E-state index contributed by atoms with van der Waals surface area (Å²) in [7, 11) is 1.64. The minimum Gasteiger partial charge on any atom is -0.493 e. The number of benzene rings is 2. The summed E-state index contributed by atoms with van der Waals surface area (Å²) in [6.45, 7) is 6.89. The summed E-state index contributed by atoms with van der Waals surface area (Å²) in [5, 5.41) is 2.04. The zero-order valence-corrected chi connectivity index (χ0v) is 20.3. The van der Waals surface area contributed by atoms with E-state index in [1.165, 1.54) is 18.4 Å². The second-order valence-corrected chi connectivity index (χ2v) is 9.39. The van der Waals surface area contributed by atoms with Crippen molar-refractivity contribution in [1.29, 1.82) is 0 Å². The molecule has 33 heavy (non-hydrogen) atoms. The third-order valence-corrected chi connectivity index (χ3v) is 6.85. The highest BCUT2D eigenvalue weighted by Gasteiger charge is 2.18. The summed E-state index contributed by atoms with van der Waals surface area (Å²) in [5.41, 5.74) is 2.96. The number of amides is 1. The van der Waals surface area contributed by atoms with Gasteiger partial charge in [-0.2, -0.15) is 0 Å². The summed E-state index contributed by atoms with van der Waals surface area (Å²) >= 11 is 1.67. The minimum atomic E-state index is 0.0535. The highest BCUT2D eigenvalue weighted by Crippen LogP contribution is 2.30. The summed E-state index contributed by atoms with van der Waals surface area (Å²) in [6, 6.07) is 18.0. The fraction of sp³-hybridized carbons (Fsp3) is 0.370. The first-order valence-electron chi connectivity index (χ1n) is 11.6. The number of likely N-dealkylation sites (tertiary alicyclic amines) is 1. The van der Waals surface area contributed by atoms with E-state index in [0.29, 0.717) is 31.2 Å². The molecule has 2 aromatic carbocycles. The number of nitrogens with zero attached hydrogens (tertiary/aromatic N) is 2. The maximum Gasteiger partial charge on any atom is 0.254 e. The van der Waals surface area contributed by atoms with Gasteiger partial charge in [0.05, 0.1) is 7.11 Å². The molecule has 6 heteroatoms. The van der Waals surface area contributed by atoms with E-state index >= 15 is 0 Å². The fourth-order valence-electron chi connectivity index (χ4n) is 4.21. The van der Waals surface area contributed by atoms with E-state index < -0.39 is 0 Å². The summed E-state index contributed by atoms with van der Waals surface area (Å²) in [6.07, 6.45) is 2.53. The number of thiophene rings is 1. The van der Waals surface area contributed by atoms with Gasteiger partial charge in [-0.3, -0.25) is 9.69 Å². The molecule has 0 N–H and O–H groups in total. The molecule has 1 aliphatic heterocycles. The molecule has 1 aromatic heterocycles. The van der Waals surface area contributed by atoms with Crippen molar-refractivity contribution in [2.24, 2.45) is 0 Å². The molecule has 1 aliphatic rings. The number of hydrogen-bond donors (Lipinski definition) is 0. The molecule has 1 amide bonds. The molecule has 0 bridgehead atoms. The van der Waals surface area contributed by atoms with Crippen molar-refractivity contribution in [1.82, 2.24) is 9.80 Å². The maximum atomic E-state index is 13.3. The first kappa shape index (κ1) is 23.3. The van der Waals surface area contributed by atoms with Crippen molar-refractivity contribution in [2.75, 3.05) is 26.7 Å². The van der Waals surface area contributed by atoms with Crippen LogP contribution in [-0.4, -0.2) is 42.5 Å². The van der Waals surface area contributed by atoms with Crippen LogP contribution in [0, 0.1) is 0 Å². The average Bonchev–Trinajstić information content (AvgIpc) is 3.56. The maximum absolute atomic E-state index is 13.3. The number of methoxy groups -OCH3 is 1. The Balaban J connectivity index is 1.42. The molecule has 0 saturated carbocycles. The number of carbonyl (C=O) groups is 1. The van der Waals surface area contributed by atoms with Crippen LogP contribution in [0.3, 0.4) is 0 Å². The SMILES string of the molecule is CCN(Cc1ccc(OCc2cccs2)c(OC)c1)C(=O)c1cccc(CN2CCCC2)c1. The van der Waals surface area contributed by atoms with E-state index in [4.69, 9.17) is 9.47 Å². The van der Waals surface area contributed by atoms with Gasteiger partial charge >= 0.3 is 0 Å². The van der Waals surface area contributed by atoms with Crippen molar-refractivity contribution < 1.29 is 14.3 Å². The van der Waals surface area contributed by atoms with Crippen molar-refractivity contribution in [2.45, 2.75) is 39.5 Å². The Bertz CT molecular complexity index is 1050. The van der Waals surface area contributed by atoms with Gasteiger partial charge in [0.1, 0.15) is 6.61 Å². The van der Waals surface area contributed by atoms with Gasteiger partial charge in [-0.15, -0.1) is 11.3 Å². The highest BCUT2D eigenvalue weighted by molar-refractivity contribution is 7.09. The fourth-order valence-corrected chi connectivity index (χ4v) is 4.82. The summed E-state index contributed by atoms with van der Waals surface area (Å²) in [4.78, 5) is 18.8. The zero-order chi connectivity index (χ0) is 23.0. The molecule has 1 saturated heterocycles. The van der Waals surface area contributed by atoms with E-state index in [9.17, 15) is 4.79 Å². The first-order chi connectivity index (χ1) is 16.2. The van der Waals surface area contributed by atoms with E-state index in [-0.39, 0.29) is 5.91 Å². The zero-order valence-electron chi connectivity index (χ0n) is 19.5. The number of ether oxygens (including phenoxy) is 2. The Morgan fingerprint density at radius 3 is 2.61 bits per heavy atom. The van der Waals surface area contributed by atoms with Crippen LogP contribution in [0.2, 0.25) is 0 Å². The van der Waals surface area contributed by atoms with Gasteiger partial charge in [-0.1, -0.05) is 24.3 Å². The summed E-state index contributed by atoms with van der Waals surface area (Å²) in [5.74, 6) is 1.44. The molecule has 1 fully saturated rings. The molecule has 0 spiro atoms. The largest absolute Gasteiger partial charge is 0.493 e. The summed E-state index contributed by atoms with van der Waals surface area (Å²) < 4.78 is 11.5. The minimum absolute atomic E-state index is 0.0535. The molecule has 0 radical (unpaired) electrons. The standard InChI is InChI=1S/C27H32N2O3S/c1-3-29(27(30)23-9-6-8-21(16-23)18-28-13-4-5-14-28)19-22-11-12-25(26(17-22)31-2)32-20-24-10-7-15-33-24/h6-12,15-17H,3-5,13-14,18-20H2,1-2H3. The molecular weight excluding hydrogens is 432 g/mol. The second-order valence-electron chi connectivity index (χ2n) is 8.36. The van der Waals surface area contributed by atoms with Gasteiger partial charge in [0.15, 0.2) is 11.5 Å². The molecule has 4 rings (SSSR count). The molecule has 0 unspecified atom stereocenters. The van der Waals surface area contributed by atoms with Crippen LogP contribution in [-0.2, 0) is 19.7 Å². The van der Waals surface area contributed by atoms with Crippen LogP contribution < -0.4 is 9.47 Å². The lowest BCUT2D eigenvalue weighted by molar-refractivity contribution is 0.0752. The van der Waals surface area contributed by atoms with E-state index in [1.54, 1.807) is 18.4 Å². The molecule has 174 valence electrons. The molecule has 0 aliphatic carbocycles. The van der Waals surface area contributed by atoms with Crippen LogP contribution in [0.15, 0.2) is 60.0 Å². The Hall–Kier alpha value is -2.83. The van der Waals surface area contributed by atoms with E-state index in [0.717, 1.165) is 35.6 Å². The van der Waals surface area contributed by atoms with Crippen LogP contribution >= 0.6 is 11.3 Å². The smallest absolute Gasteiger partial charge is 0.254 e. The van der Waals surface area contributed by atoms with E-state index in [2.05, 4.69) is 17.0 Å². The lowest BCUT2D eigenvalue weighted by atomic mass is 10.1. The molecule has 3 aromatic rings. The third kappa shape index (κ3) is 6.15. The van der Waals surface area contributed by atoms with Crippen LogP contribution in [0.25, 0.3) is 0 Å². The van der Waals surface area contributed by atoms with Crippen molar-refractivity contribution in [3.63, 3.8) is 0 Å². The van der Waals surface area contributed by atoms with Crippen LogP contribution in [0.5, 0.6) is 11.5 Å².